The lowest BCUT2D eigenvalue weighted by atomic mass is 9.75. The van der Waals surface area contributed by atoms with Crippen molar-refractivity contribution >= 4 is 16.2 Å². The van der Waals surface area contributed by atoms with Crippen molar-refractivity contribution in [3.63, 3.8) is 0 Å². The molecule has 380 valence electrons. The zero-order chi connectivity index (χ0) is 47.6. The summed E-state index contributed by atoms with van der Waals surface area (Å²) >= 11 is 0. The van der Waals surface area contributed by atoms with Gasteiger partial charge in [-0.25, -0.2) is 0 Å². The third kappa shape index (κ3) is 8.40. The fourth-order valence-corrected chi connectivity index (χ4v) is 16.2. The van der Waals surface area contributed by atoms with Gasteiger partial charge in [0.1, 0.15) is 6.10 Å². The van der Waals surface area contributed by atoms with Crippen molar-refractivity contribution in [2.75, 3.05) is 42.7 Å². The van der Waals surface area contributed by atoms with Crippen LogP contribution in [-0.4, -0.2) is 114 Å². The molecule has 0 radical (unpaired) electrons. The van der Waals surface area contributed by atoms with E-state index in [0.29, 0.717) is 91.4 Å². The van der Waals surface area contributed by atoms with Crippen LogP contribution in [0.15, 0.2) is 24.3 Å². The Balaban J connectivity index is 0.962. The van der Waals surface area contributed by atoms with Crippen LogP contribution < -0.4 is 71.0 Å². The van der Waals surface area contributed by atoms with E-state index in [0.717, 1.165) is 19.3 Å². The highest BCUT2D eigenvalue weighted by Crippen LogP contribution is 2.50. The molecule has 9 fully saturated rings. The number of rotatable bonds is 10. The summed E-state index contributed by atoms with van der Waals surface area (Å²) in [5.41, 5.74) is 1.34. The number of esters is 1. The summed E-state index contributed by atoms with van der Waals surface area (Å²) < 4.78 is 42.3. The van der Waals surface area contributed by atoms with Gasteiger partial charge in [-0.2, -0.15) is 0 Å². The Morgan fingerprint density at radius 2 is 0.710 bits per heavy atom. The minimum absolute atomic E-state index is 0.00989. The minimum Gasteiger partial charge on any atom is -0.493 e. The van der Waals surface area contributed by atoms with Gasteiger partial charge in [-0.05, 0) is 135 Å². The molecule has 4 saturated carbocycles. The van der Waals surface area contributed by atoms with Gasteiger partial charge in [0.15, 0.2) is 23.0 Å². The molecular formula is C52H80N8O8Si. The average Bonchev–Trinajstić information content (AvgIpc) is 4.13. The maximum atomic E-state index is 15.8. The first-order valence-electron chi connectivity index (χ1n) is 26.6. The minimum atomic E-state index is -1.26. The van der Waals surface area contributed by atoms with Crippen LogP contribution in [0, 0.1) is 47.3 Å². The van der Waals surface area contributed by atoms with E-state index in [1.165, 1.54) is 77.0 Å². The molecule has 5 aliphatic heterocycles. The van der Waals surface area contributed by atoms with Crippen molar-refractivity contribution in [2.45, 2.75) is 157 Å². The van der Waals surface area contributed by atoms with Gasteiger partial charge in [0.2, 0.25) is 11.5 Å². The maximum Gasteiger partial charge on any atom is 0.317 e. The largest absolute Gasteiger partial charge is 0.493 e. The first-order valence-corrected chi connectivity index (χ1v) is 27.6. The number of benzene rings is 2. The molecule has 17 atom stereocenters. The summed E-state index contributed by atoms with van der Waals surface area (Å²) in [4.78, 5) is 15.8. The number of hydrogen-bond acceptors (Lipinski definition) is 16. The second-order valence-electron chi connectivity index (χ2n) is 22.1. The fraction of sp³-hybridized carbons (Fsp3) is 0.750. The summed E-state index contributed by atoms with van der Waals surface area (Å²) in [5.74, 6) is 6.03. The van der Waals surface area contributed by atoms with Crippen LogP contribution >= 0.6 is 0 Å². The first kappa shape index (κ1) is 47.9. The summed E-state index contributed by atoms with van der Waals surface area (Å²) in [6, 6.07) is 7.51. The van der Waals surface area contributed by atoms with Gasteiger partial charge in [-0.3, -0.25) is 47.3 Å². The number of carbonyl (C=O) groups excluding carboxylic acids is 1. The Hall–Kier alpha value is -3.39. The highest BCUT2D eigenvalue weighted by Gasteiger charge is 2.57. The Morgan fingerprint density at radius 3 is 1.01 bits per heavy atom. The van der Waals surface area contributed by atoms with E-state index in [4.69, 9.17) is 33.2 Å². The molecule has 0 amide bonds. The lowest BCUT2D eigenvalue weighted by Gasteiger charge is -2.40. The molecule has 5 heterocycles. The molecular weight excluding hydrogens is 893 g/mol. The predicted octanol–water partition coefficient (Wildman–Crippen LogP) is 3.49. The molecule has 5 saturated heterocycles. The van der Waals surface area contributed by atoms with Crippen LogP contribution in [0.5, 0.6) is 34.5 Å². The maximum absolute atomic E-state index is 15.8. The van der Waals surface area contributed by atoms with Crippen molar-refractivity contribution in [3.8, 4) is 34.5 Å². The number of ether oxygens (including phenoxy) is 7. The number of fused-ring (bicyclic) bond motifs is 20. The van der Waals surface area contributed by atoms with Gasteiger partial charge >= 0.3 is 5.97 Å². The Bertz CT molecular complexity index is 2060. The molecule has 4 aliphatic carbocycles. The molecule has 0 aromatic heterocycles. The SMILES string of the molecule is COc1cc(C([SiH3])(C(=O)OC2CCCC3C4NC5NC(NC6NC(NC7NC(NC(N4)C23)C2CCCCC72)C2CCCCC62)C2CCCCC52)c2cc(OC)c(OC)c(OC)c2)cc(OC)c1OC. The van der Waals surface area contributed by atoms with Gasteiger partial charge in [-0.1, -0.05) is 38.5 Å². The van der Waals surface area contributed by atoms with E-state index in [1.807, 2.05) is 24.3 Å². The molecule has 8 N–H and O–H groups in total. The van der Waals surface area contributed by atoms with Gasteiger partial charge in [-0.15, -0.1) is 0 Å². The van der Waals surface area contributed by atoms with E-state index in [-0.39, 0.29) is 73.2 Å². The lowest BCUT2D eigenvalue weighted by Crippen LogP contribution is -2.62. The van der Waals surface area contributed by atoms with Crippen molar-refractivity contribution in [1.29, 1.82) is 0 Å². The van der Waals surface area contributed by atoms with E-state index in [9.17, 15) is 0 Å². The molecule has 17 heteroatoms. The number of hydrogen-bond donors (Lipinski definition) is 8. The second-order valence-corrected chi connectivity index (χ2v) is 23.6. The zero-order valence-corrected chi connectivity index (χ0v) is 44.0. The molecule has 9 aliphatic rings. The van der Waals surface area contributed by atoms with Crippen LogP contribution in [0.25, 0.3) is 0 Å². The van der Waals surface area contributed by atoms with Gasteiger partial charge in [0.05, 0.1) is 97.0 Å². The van der Waals surface area contributed by atoms with Crippen molar-refractivity contribution in [3.05, 3.63) is 35.4 Å². The van der Waals surface area contributed by atoms with Crippen molar-refractivity contribution in [1.82, 2.24) is 42.5 Å². The molecule has 11 rings (SSSR count). The smallest absolute Gasteiger partial charge is 0.317 e. The monoisotopic (exact) mass is 973 g/mol. The van der Waals surface area contributed by atoms with E-state index in [2.05, 4.69) is 42.5 Å². The normalized spacial score (nSPS) is 39.3. The fourth-order valence-electron chi connectivity index (χ4n) is 15.5. The van der Waals surface area contributed by atoms with Crippen LogP contribution in [0.4, 0.5) is 0 Å². The molecule has 16 nitrogen and oxygen atoms in total. The number of methoxy groups -OCH3 is 6. The quantitative estimate of drug-likeness (QED) is 0.128. The highest BCUT2D eigenvalue weighted by atomic mass is 28.1. The van der Waals surface area contributed by atoms with E-state index in [1.54, 1.807) is 42.7 Å². The Morgan fingerprint density at radius 1 is 0.420 bits per heavy atom. The van der Waals surface area contributed by atoms with E-state index < -0.39 is 5.04 Å². The van der Waals surface area contributed by atoms with Crippen LogP contribution in [0.2, 0.25) is 0 Å². The van der Waals surface area contributed by atoms with Crippen LogP contribution in [0.3, 0.4) is 0 Å². The molecule has 2 aromatic carbocycles. The second kappa shape index (κ2) is 19.9. The topological polar surface area (TPSA) is 178 Å². The third-order valence-electron chi connectivity index (χ3n) is 19.0. The third-order valence-corrected chi connectivity index (χ3v) is 20.5. The Labute approximate surface area is 412 Å². The summed E-state index contributed by atoms with van der Waals surface area (Å²) in [7, 11) is 9.88. The van der Waals surface area contributed by atoms with E-state index >= 15 is 4.79 Å². The first-order chi connectivity index (χ1) is 33.7. The van der Waals surface area contributed by atoms with Crippen molar-refractivity contribution < 1.29 is 38.0 Å². The Kier molecular flexibility index (Phi) is 13.8. The molecule has 0 spiro atoms. The van der Waals surface area contributed by atoms with Gasteiger partial charge in [0.25, 0.3) is 0 Å². The lowest BCUT2D eigenvalue weighted by molar-refractivity contribution is -0.158. The standard InChI is InChI=1S/C52H80N8O8Si/c1-62-36-22-26(23-37(63-2)41(36)66-5)52(69,27-24-38(64-3)42(67-6)39(25-27)65-4)51(61)68-35-21-13-20-34-40(35)50-59-48-33-19-12-11-18-32(33)46(57-48)55-44-29-15-8-7-14-28(29)43(53-44)54-45-30-16-9-10-17-31(30)47(56-45)58-49(34)60-50/h22-25,28-35,40,43-50,53-60H,7-21H2,1-6,69H3. The van der Waals surface area contributed by atoms with Gasteiger partial charge < -0.3 is 33.2 Å². The highest BCUT2D eigenvalue weighted by molar-refractivity contribution is 6.30. The zero-order valence-electron chi connectivity index (χ0n) is 42.0. The summed E-state index contributed by atoms with van der Waals surface area (Å²) in [5, 5.41) is 32.6. The molecule has 2 aromatic rings. The number of nitrogens with one attached hydrogen (secondary N) is 8. The van der Waals surface area contributed by atoms with Crippen LogP contribution in [0.1, 0.15) is 107 Å². The van der Waals surface area contributed by atoms with Gasteiger partial charge in [0, 0.05) is 16.2 Å². The average molecular weight is 973 g/mol. The predicted molar refractivity (Wildman–Crippen MR) is 265 cm³/mol. The molecule has 8 bridgehead atoms. The van der Waals surface area contributed by atoms with Crippen molar-refractivity contribution in [2.24, 2.45) is 47.3 Å². The number of carbonyl (C=O) groups is 1. The molecule has 69 heavy (non-hydrogen) atoms. The van der Waals surface area contributed by atoms with Crippen LogP contribution in [-0.2, 0) is 14.6 Å². The summed E-state index contributed by atoms with van der Waals surface area (Å²) in [6.07, 6.45) is 18.8. The molecule has 17 unspecified atom stereocenters. The summed E-state index contributed by atoms with van der Waals surface area (Å²) in [6.45, 7) is 0.